The van der Waals surface area contributed by atoms with Crippen molar-refractivity contribution in [3.8, 4) is 0 Å². The molecule has 19 heavy (non-hydrogen) atoms. The Bertz CT molecular complexity index is 442. The molecule has 1 aliphatic carbocycles. The average molecular weight is 304 g/mol. The van der Waals surface area contributed by atoms with E-state index in [-0.39, 0.29) is 12.4 Å². The van der Waals surface area contributed by atoms with Gasteiger partial charge in [0.1, 0.15) is 11.6 Å². The quantitative estimate of drug-likeness (QED) is 0.799. The van der Waals surface area contributed by atoms with Crippen LogP contribution in [0.2, 0.25) is 10.0 Å². The van der Waals surface area contributed by atoms with Crippen LogP contribution in [0.1, 0.15) is 25.7 Å². The van der Waals surface area contributed by atoms with Gasteiger partial charge in [-0.1, -0.05) is 36.0 Å². The van der Waals surface area contributed by atoms with E-state index in [0.29, 0.717) is 27.7 Å². The number of rotatable bonds is 4. The number of hydrogen-bond donors (Lipinski definition) is 3. The number of hydrogen-bond acceptors (Lipinski definition) is 4. The molecule has 2 atom stereocenters. The van der Waals surface area contributed by atoms with Gasteiger partial charge in [-0.05, 0) is 30.7 Å². The second-order valence-electron chi connectivity index (χ2n) is 5.05. The van der Waals surface area contributed by atoms with E-state index in [2.05, 4.69) is 10.3 Å². The van der Waals surface area contributed by atoms with Gasteiger partial charge in [-0.3, -0.25) is 0 Å². The molecule has 1 fully saturated rings. The van der Waals surface area contributed by atoms with Gasteiger partial charge in [0.05, 0.1) is 10.0 Å². The van der Waals surface area contributed by atoms with E-state index in [1.165, 1.54) is 12.8 Å². The molecule has 0 saturated heterocycles. The minimum Gasteiger partial charge on any atom is -0.396 e. The summed E-state index contributed by atoms with van der Waals surface area (Å²) in [4.78, 5) is 4.15. The molecule has 2 rings (SSSR count). The van der Waals surface area contributed by atoms with E-state index in [1.54, 1.807) is 6.07 Å². The maximum absolute atomic E-state index is 9.39. The maximum atomic E-state index is 9.39. The van der Waals surface area contributed by atoms with Gasteiger partial charge in [0.25, 0.3) is 0 Å². The summed E-state index contributed by atoms with van der Waals surface area (Å²) < 4.78 is 0. The Morgan fingerprint density at radius 2 is 1.95 bits per heavy atom. The van der Waals surface area contributed by atoms with Crippen LogP contribution in [0, 0.1) is 11.8 Å². The van der Waals surface area contributed by atoms with E-state index in [0.717, 1.165) is 19.4 Å². The van der Waals surface area contributed by atoms with Crippen LogP contribution in [0.3, 0.4) is 0 Å². The molecule has 6 heteroatoms. The molecule has 106 valence electrons. The van der Waals surface area contributed by atoms with Gasteiger partial charge in [0.2, 0.25) is 0 Å². The van der Waals surface area contributed by atoms with Gasteiger partial charge in [-0.2, -0.15) is 0 Å². The van der Waals surface area contributed by atoms with Crippen molar-refractivity contribution in [3.05, 3.63) is 16.1 Å². The van der Waals surface area contributed by atoms with Crippen LogP contribution in [0.25, 0.3) is 0 Å². The van der Waals surface area contributed by atoms with Crippen LogP contribution in [0.15, 0.2) is 6.07 Å². The molecule has 4 N–H and O–H groups in total. The van der Waals surface area contributed by atoms with Crippen molar-refractivity contribution in [2.45, 2.75) is 25.7 Å². The molecule has 0 aromatic carbocycles. The Labute approximate surface area is 123 Å². The first-order valence-corrected chi connectivity index (χ1v) is 7.33. The maximum Gasteiger partial charge on any atom is 0.147 e. The standard InChI is InChI=1S/C13H19Cl2N3O/c14-10-5-11(15)13(18-12(10)16)17-6-8-3-1-2-4-9(8)7-19/h5,8-9,19H,1-4,6-7H2,(H3,16,17,18). The molecule has 1 aromatic heterocycles. The van der Waals surface area contributed by atoms with Gasteiger partial charge in [-0.25, -0.2) is 4.98 Å². The van der Waals surface area contributed by atoms with E-state index < -0.39 is 0 Å². The Kier molecular flexibility index (Phi) is 5.13. The predicted molar refractivity (Wildman–Crippen MR) is 79.7 cm³/mol. The minimum absolute atomic E-state index is 0.246. The molecule has 0 bridgehead atoms. The van der Waals surface area contributed by atoms with Crippen LogP contribution in [-0.4, -0.2) is 23.2 Å². The fourth-order valence-corrected chi connectivity index (χ4v) is 3.05. The van der Waals surface area contributed by atoms with E-state index in [1.807, 2.05) is 0 Å². The number of aliphatic hydroxyl groups excluding tert-OH is 1. The zero-order valence-corrected chi connectivity index (χ0v) is 12.2. The van der Waals surface area contributed by atoms with E-state index in [4.69, 9.17) is 28.9 Å². The van der Waals surface area contributed by atoms with Crippen molar-refractivity contribution in [2.75, 3.05) is 24.2 Å². The number of aliphatic hydroxyl groups is 1. The Balaban J connectivity index is 1.99. The van der Waals surface area contributed by atoms with Crippen molar-refractivity contribution in [1.82, 2.24) is 4.98 Å². The van der Waals surface area contributed by atoms with E-state index in [9.17, 15) is 5.11 Å². The first-order chi connectivity index (χ1) is 9.11. The second kappa shape index (κ2) is 6.64. The summed E-state index contributed by atoms with van der Waals surface area (Å²) >= 11 is 11.9. The van der Waals surface area contributed by atoms with Crippen LogP contribution >= 0.6 is 23.2 Å². The highest BCUT2D eigenvalue weighted by atomic mass is 35.5. The molecule has 1 aromatic rings. The molecular weight excluding hydrogens is 285 g/mol. The number of halogens is 2. The summed E-state index contributed by atoms with van der Waals surface area (Å²) in [5.41, 5.74) is 5.67. The van der Waals surface area contributed by atoms with Crippen LogP contribution < -0.4 is 11.1 Å². The van der Waals surface area contributed by atoms with Gasteiger partial charge in [0.15, 0.2) is 0 Å². The first-order valence-electron chi connectivity index (χ1n) is 6.58. The lowest BCUT2D eigenvalue weighted by Crippen LogP contribution is -2.28. The lowest BCUT2D eigenvalue weighted by Gasteiger charge is -2.30. The number of nitrogens with one attached hydrogen (secondary N) is 1. The molecule has 2 unspecified atom stereocenters. The summed E-state index contributed by atoms with van der Waals surface area (Å²) in [6.45, 7) is 0.995. The van der Waals surface area contributed by atoms with Crippen molar-refractivity contribution >= 4 is 34.8 Å². The third kappa shape index (κ3) is 3.65. The highest BCUT2D eigenvalue weighted by molar-refractivity contribution is 6.37. The number of nitrogen functional groups attached to an aromatic ring is 1. The predicted octanol–water partition coefficient (Wildman–Crippen LogP) is 3.18. The normalized spacial score (nSPS) is 23.3. The van der Waals surface area contributed by atoms with Crippen LogP contribution in [-0.2, 0) is 0 Å². The average Bonchev–Trinajstić information content (AvgIpc) is 2.41. The fourth-order valence-electron chi connectivity index (χ4n) is 2.63. The largest absolute Gasteiger partial charge is 0.396 e. The second-order valence-corrected chi connectivity index (χ2v) is 5.87. The SMILES string of the molecule is Nc1nc(NCC2CCCCC2CO)c(Cl)cc1Cl. The summed E-state index contributed by atoms with van der Waals surface area (Å²) in [5.74, 6) is 1.65. The topological polar surface area (TPSA) is 71.2 Å². The Hall–Kier alpha value is -0.710. The molecule has 1 heterocycles. The number of aromatic nitrogens is 1. The highest BCUT2D eigenvalue weighted by Crippen LogP contribution is 2.31. The Morgan fingerprint density at radius 3 is 2.63 bits per heavy atom. The zero-order chi connectivity index (χ0) is 13.8. The highest BCUT2D eigenvalue weighted by Gasteiger charge is 2.24. The number of nitrogens with zero attached hydrogens (tertiary/aromatic N) is 1. The van der Waals surface area contributed by atoms with Crippen LogP contribution in [0.5, 0.6) is 0 Å². The number of pyridine rings is 1. The Morgan fingerprint density at radius 1 is 1.26 bits per heavy atom. The lowest BCUT2D eigenvalue weighted by atomic mass is 9.79. The molecule has 0 radical (unpaired) electrons. The van der Waals surface area contributed by atoms with Gasteiger partial charge in [-0.15, -0.1) is 0 Å². The van der Waals surface area contributed by atoms with Gasteiger partial charge in [0, 0.05) is 13.2 Å². The third-order valence-electron chi connectivity index (χ3n) is 3.79. The summed E-state index contributed by atoms with van der Waals surface area (Å²) in [6.07, 6.45) is 4.63. The van der Waals surface area contributed by atoms with Crippen molar-refractivity contribution < 1.29 is 5.11 Å². The molecule has 0 spiro atoms. The molecule has 1 aliphatic rings. The summed E-state index contributed by atoms with van der Waals surface area (Å²) in [7, 11) is 0. The summed E-state index contributed by atoms with van der Waals surface area (Å²) in [6, 6.07) is 1.60. The van der Waals surface area contributed by atoms with E-state index >= 15 is 0 Å². The molecule has 0 amide bonds. The number of anilines is 2. The van der Waals surface area contributed by atoms with Crippen molar-refractivity contribution in [2.24, 2.45) is 11.8 Å². The van der Waals surface area contributed by atoms with Crippen LogP contribution in [0.4, 0.5) is 11.6 Å². The van der Waals surface area contributed by atoms with Crippen molar-refractivity contribution in [3.63, 3.8) is 0 Å². The summed E-state index contributed by atoms with van der Waals surface area (Å²) in [5, 5.41) is 13.4. The smallest absolute Gasteiger partial charge is 0.147 e. The van der Waals surface area contributed by atoms with Gasteiger partial charge >= 0.3 is 0 Å². The molecule has 4 nitrogen and oxygen atoms in total. The third-order valence-corrected chi connectivity index (χ3v) is 4.38. The van der Waals surface area contributed by atoms with Gasteiger partial charge < -0.3 is 16.2 Å². The van der Waals surface area contributed by atoms with Crippen molar-refractivity contribution in [1.29, 1.82) is 0 Å². The molecule has 0 aliphatic heterocycles. The monoisotopic (exact) mass is 303 g/mol. The fraction of sp³-hybridized carbons (Fsp3) is 0.615. The molecule has 1 saturated carbocycles. The number of nitrogens with two attached hydrogens (primary N) is 1. The molecular formula is C13H19Cl2N3O. The lowest BCUT2D eigenvalue weighted by molar-refractivity contribution is 0.141. The first kappa shape index (κ1) is 14.7. The zero-order valence-electron chi connectivity index (χ0n) is 10.7. The minimum atomic E-state index is 0.246.